The molecule has 1 nitrogen and oxygen atoms in total. The maximum Gasteiger partial charge on any atom is 0.00104 e. The van der Waals surface area contributed by atoms with E-state index in [9.17, 15) is 0 Å². The maximum atomic E-state index is 3.57. The van der Waals surface area contributed by atoms with Crippen LogP contribution in [0.1, 0.15) is 50.3 Å². The van der Waals surface area contributed by atoms with Crippen LogP contribution >= 0.6 is 0 Å². The minimum atomic E-state index is 0.596. The Hall–Kier alpha value is -0.820. The minimum Gasteiger partial charge on any atom is -0.314 e. The minimum absolute atomic E-state index is 0.596. The Kier molecular flexibility index (Phi) is 4.82. The molecule has 1 aliphatic rings. The van der Waals surface area contributed by atoms with Gasteiger partial charge in [-0.3, -0.25) is 0 Å². The van der Waals surface area contributed by atoms with Gasteiger partial charge in [0.15, 0.2) is 0 Å². The lowest BCUT2D eigenvalue weighted by Crippen LogP contribution is -2.29. The van der Waals surface area contributed by atoms with E-state index in [4.69, 9.17) is 0 Å². The zero-order valence-corrected chi connectivity index (χ0v) is 12.1. The summed E-state index contributed by atoms with van der Waals surface area (Å²) in [5.41, 5.74) is 4.74. The van der Waals surface area contributed by atoms with E-state index >= 15 is 0 Å². The highest BCUT2D eigenvalue weighted by atomic mass is 14.9. The molecule has 0 aromatic heterocycles. The summed E-state index contributed by atoms with van der Waals surface area (Å²) in [5.74, 6) is 0.770. The van der Waals surface area contributed by atoms with E-state index in [1.165, 1.54) is 37.7 Å². The van der Waals surface area contributed by atoms with Crippen LogP contribution in [0.5, 0.6) is 0 Å². The van der Waals surface area contributed by atoms with E-state index in [1.807, 2.05) is 0 Å². The molecule has 0 amide bonds. The summed E-state index contributed by atoms with van der Waals surface area (Å²) in [6, 6.07) is 7.77. The zero-order chi connectivity index (χ0) is 13.0. The lowest BCUT2D eigenvalue weighted by Gasteiger charge is -2.18. The van der Waals surface area contributed by atoms with Gasteiger partial charge in [-0.15, -0.1) is 0 Å². The van der Waals surface area contributed by atoms with Crippen LogP contribution in [0, 0.1) is 5.92 Å². The molecule has 0 saturated carbocycles. The van der Waals surface area contributed by atoms with Gasteiger partial charge in [0, 0.05) is 6.04 Å². The quantitative estimate of drug-likeness (QED) is 0.805. The van der Waals surface area contributed by atoms with Crippen LogP contribution in [0.25, 0.3) is 0 Å². The second-order valence-electron chi connectivity index (χ2n) is 6.00. The third-order valence-electron chi connectivity index (χ3n) is 4.08. The van der Waals surface area contributed by atoms with Crippen molar-refractivity contribution in [3.05, 3.63) is 34.9 Å². The fraction of sp³-hybridized carbons (Fsp3) is 0.647. The predicted octanol–water partition coefficient (Wildman–Crippen LogP) is 3.74. The fourth-order valence-corrected chi connectivity index (χ4v) is 2.85. The van der Waals surface area contributed by atoms with Crippen molar-refractivity contribution in [2.24, 2.45) is 5.92 Å². The summed E-state index contributed by atoms with van der Waals surface area (Å²) in [6.45, 7) is 7.90. The molecule has 0 saturated heterocycles. The molecule has 1 unspecified atom stereocenters. The summed E-state index contributed by atoms with van der Waals surface area (Å²) in [7, 11) is 0. The Labute approximate surface area is 112 Å². The molecule has 1 aliphatic carbocycles. The summed E-state index contributed by atoms with van der Waals surface area (Å²) >= 11 is 0. The Morgan fingerprint density at radius 1 is 1.17 bits per heavy atom. The van der Waals surface area contributed by atoms with Crippen molar-refractivity contribution in [1.82, 2.24) is 5.32 Å². The Morgan fingerprint density at radius 3 is 2.67 bits per heavy atom. The Bertz CT molecular complexity index is 381. The van der Waals surface area contributed by atoms with Crippen LogP contribution in [0.3, 0.4) is 0 Å². The van der Waals surface area contributed by atoms with Crippen LogP contribution in [0.2, 0.25) is 0 Å². The topological polar surface area (TPSA) is 12.0 Å². The standard InChI is InChI=1S/C17H27N/c1-4-14(12-18-13(2)3)10-15-8-9-16-6-5-7-17(16)11-15/h8-9,11,13-14,18H,4-7,10,12H2,1-3H3. The third-order valence-corrected chi connectivity index (χ3v) is 4.08. The molecule has 1 N–H and O–H groups in total. The number of rotatable bonds is 6. The maximum absolute atomic E-state index is 3.57. The lowest BCUT2D eigenvalue weighted by atomic mass is 9.94. The lowest BCUT2D eigenvalue weighted by molar-refractivity contribution is 0.436. The van der Waals surface area contributed by atoms with E-state index in [0.717, 1.165) is 12.5 Å². The van der Waals surface area contributed by atoms with E-state index in [-0.39, 0.29) is 0 Å². The molecule has 0 aliphatic heterocycles. The first kappa shape index (κ1) is 13.6. The molecule has 0 bridgehead atoms. The van der Waals surface area contributed by atoms with E-state index in [0.29, 0.717) is 6.04 Å². The van der Waals surface area contributed by atoms with Gasteiger partial charge in [-0.05, 0) is 54.8 Å². The molecule has 0 fully saturated rings. The molecule has 2 rings (SSSR count). The van der Waals surface area contributed by atoms with Gasteiger partial charge in [-0.1, -0.05) is 45.4 Å². The smallest absolute Gasteiger partial charge is 0.00104 e. The van der Waals surface area contributed by atoms with Gasteiger partial charge in [-0.2, -0.15) is 0 Å². The molecule has 1 heteroatoms. The third kappa shape index (κ3) is 3.58. The van der Waals surface area contributed by atoms with Crippen molar-refractivity contribution in [2.45, 2.75) is 58.9 Å². The molecule has 0 heterocycles. The van der Waals surface area contributed by atoms with Crippen molar-refractivity contribution in [3.8, 4) is 0 Å². The van der Waals surface area contributed by atoms with Crippen molar-refractivity contribution >= 4 is 0 Å². The highest BCUT2D eigenvalue weighted by molar-refractivity contribution is 5.35. The second-order valence-corrected chi connectivity index (χ2v) is 6.00. The molecular formula is C17H27N. The molecule has 0 spiro atoms. The number of nitrogens with one attached hydrogen (secondary N) is 1. The number of hydrogen-bond acceptors (Lipinski definition) is 1. The van der Waals surface area contributed by atoms with Gasteiger partial charge in [0.1, 0.15) is 0 Å². The Morgan fingerprint density at radius 2 is 1.94 bits per heavy atom. The van der Waals surface area contributed by atoms with Gasteiger partial charge in [0.05, 0.1) is 0 Å². The predicted molar refractivity (Wildman–Crippen MR) is 79.1 cm³/mol. The number of hydrogen-bond donors (Lipinski definition) is 1. The number of benzene rings is 1. The first-order valence-corrected chi connectivity index (χ1v) is 7.53. The first-order chi connectivity index (χ1) is 8.69. The van der Waals surface area contributed by atoms with Gasteiger partial charge < -0.3 is 5.32 Å². The average molecular weight is 245 g/mol. The summed E-state index contributed by atoms with van der Waals surface area (Å²) in [5, 5.41) is 3.57. The van der Waals surface area contributed by atoms with Gasteiger partial charge in [0.25, 0.3) is 0 Å². The van der Waals surface area contributed by atoms with Crippen molar-refractivity contribution in [2.75, 3.05) is 6.54 Å². The zero-order valence-electron chi connectivity index (χ0n) is 12.1. The first-order valence-electron chi connectivity index (χ1n) is 7.53. The van der Waals surface area contributed by atoms with Crippen LogP contribution in [0.4, 0.5) is 0 Å². The van der Waals surface area contributed by atoms with Crippen LogP contribution in [-0.2, 0) is 19.3 Å². The monoisotopic (exact) mass is 245 g/mol. The van der Waals surface area contributed by atoms with Crippen LogP contribution in [-0.4, -0.2) is 12.6 Å². The fourth-order valence-electron chi connectivity index (χ4n) is 2.85. The second kappa shape index (κ2) is 6.38. The Balaban J connectivity index is 1.94. The highest BCUT2D eigenvalue weighted by Crippen LogP contribution is 2.24. The molecular weight excluding hydrogens is 218 g/mol. The molecule has 0 radical (unpaired) electrons. The van der Waals surface area contributed by atoms with E-state index in [1.54, 1.807) is 11.1 Å². The van der Waals surface area contributed by atoms with Crippen molar-refractivity contribution in [3.63, 3.8) is 0 Å². The molecule has 1 aromatic carbocycles. The van der Waals surface area contributed by atoms with Gasteiger partial charge in [0.2, 0.25) is 0 Å². The average Bonchev–Trinajstić information content (AvgIpc) is 2.81. The van der Waals surface area contributed by atoms with Gasteiger partial charge in [-0.25, -0.2) is 0 Å². The molecule has 1 aromatic rings. The normalized spacial score (nSPS) is 16.0. The molecule has 18 heavy (non-hydrogen) atoms. The van der Waals surface area contributed by atoms with Crippen molar-refractivity contribution in [1.29, 1.82) is 0 Å². The van der Waals surface area contributed by atoms with Crippen molar-refractivity contribution < 1.29 is 0 Å². The van der Waals surface area contributed by atoms with E-state index in [2.05, 4.69) is 44.3 Å². The highest BCUT2D eigenvalue weighted by Gasteiger charge is 2.13. The summed E-state index contributed by atoms with van der Waals surface area (Å²) in [4.78, 5) is 0. The van der Waals surface area contributed by atoms with Gasteiger partial charge >= 0.3 is 0 Å². The molecule has 1 atom stereocenters. The SMILES string of the molecule is CCC(CNC(C)C)Cc1ccc2c(c1)CCC2. The number of aryl methyl sites for hydroxylation is 2. The summed E-state index contributed by atoms with van der Waals surface area (Å²) < 4.78 is 0. The van der Waals surface area contributed by atoms with E-state index < -0.39 is 0 Å². The molecule has 100 valence electrons. The van der Waals surface area contributed by atoms with Crippen LogP contribution < -0.4 is 5.32 Å². The van der Waals surface area contributed by atoms with Crippen LogP contribution in [0.15, 0.2) is 18.2 Å². The largest absolute Gasteiger partial charge is 0.314 e. The number of fused-ring (bicyclic) bond motifs is 1. The summed E-state index contributed by atoms with van der Waals surface area (Å²) in [6.07, 6.45) is 6.43.